The average Bonchev–Trinajstić information content (AvgIpc) is 3.05. The minimum Gasteiger partial charge on any atom is -0.507 e. The highest BCUT2D eigenvalue weighted by Gasteiger charge is 2.46. The van der Waals surface area contributed by atoms with Crippen LogP contribution in [0.25, 0.3) is 5.76 Å². The monoisotopic (exact) mass is 414 g/mol. The van der Waals surface area contributed by atoms with E-state index >= 15 is 0 Å². The van der Waals surface area contributed by atoms with Crippen LogP contribution >= 0.6 is 0 Å². The number of carbonyl (C=O) groups excluding carboxylic acids is 2. The quantitative estimate of drug-likeness (QED) is 0.222. The largest absolute Gasteiger partial charge is 0.507 e. The van der Waals surface area contributed by atoms with Crippen LogP contribution in [0, 0.1) is 17.0 Å². The van der Waals surface area contributed by atoms with Crippen LogP contribution in [0.3, 0.4) is 0 Å². The molecule has 3 aromatic carbocycles. The summed E-state index contributed by atoms with van der Waals surface area (Å²) in [5, 5.41) is 21.9. The first-order chi connectivity index (χ1) is 14.9. The van der Waals surface area contributed by atoms with E-state index < -0.39 is 22.7 Å². The maximum atomic E-state index is 13.0. The van der Waals surface area contributed by atoms with Crippen molar-refractivity contribution in [2.45, 2.75) is 13.0 Å². The van der Waals surface area contributed by atoms with Crippen LogP contribution in [0.1, 0.15) is 22.7 Å². The van der Waals surface area contributed by atoms with Crippen molar-refractivity contribution < 1.29 is 19.6 Å². The van der Waals surface area contributed by atoms with Crippen molar-refractivity contribution in [3.05, 3.63) is 111 Å². The SMILES string of the molecule is Cc1ccc(N2C(=O)C(=O)C(=C(O)c3ccc([N+](=O)[O-])cc3)[C@H]2c2ccccc2)cc1. The molecule has 0 radical (unpaired) electrons. The predicted octanol–water partition coefficient (Wildman–Crippen LogP) is 4.53. The van der Waals surface area contributed by atoms with E-state index in [2.05, 4.69) is 0 Å². The molecule has 1 aliphatic heterocycles. The molecule has 1 heterocycles. The van der Waals surface area contributed by atoms with Crippen molar-refractivity contribution in [2.75, 3.05) is 4.90 Å². The van der Waals surface area contributed by atoms with Gasteiger partial charge in [0, 0.05) is 23.4 Å². The van der Waals surface area contributed by atoms with E-state index in [0.29, 0.717) is 11.3 Å². The molecule has 154 valence electrons. The standard InChI is InChI=1S/C24H18N2O5/c1-15-7-11-18(12-8-15)25-21(16-5-3-2-4-6-16)20(23(28)24(25)29)22(27)17-9-13-19(14-10-17)26(30)31/h2-14,21,27H,1H3/t21-/m1/s1. The minimum atomic E-state index is -0.834. The maximum Gasteiger partial charge on any atom is 0.300 e. The summed E-state index contributed by atoms with van der Waals surface area (Å²) in [4.78, 5) is 37.8. The lowest BCUT2D eigenvalue weighted by Gasteiger charge is -2.25. The van der Waals surface area contributed by atoms with E-state index in [9.17, 15) is 24.8 Å². The molecule has 0 aliphatic carbocycles. The van der Waals surface area contributed by atoms with E-state index in [4.69, 9.17) is 0 Å². The van der Waals surface area contributed by atoms with Crippen molar-refractivity contribution in [1.29, 1.82) is 0 Å². The zero-order valence-electron chi connectivity index (χ0n) is 16.6. The van der Waals surface area contributed by atoms with E-state index in [1.807, 2.05) is 25.1 Å². The lowest BCUT2D eigenvalue weighted by Crippen LogP contribution is -2.29. The molecule has 0 aromatic heterocycles. The fraction of sp³-hybridized carbons (Fsp3) is 0.0833. The molecule has 4 rings (SSSR count). The number of hydrogen-bond donors (Lipinski definition) is 1. The molecule has 1 saturated heterocycles. The van der Waals surface area contributed by atoms with Gasteiger partial charge in [0.2, 0.25) is 0 Å². The molecule has 0 unspecified atom stereocenters. The van der Waals surface area contributed by atoms with Gasteiger partial charge in [0.1, 0.15) is 5.76 Å². The van der Waals surface area contributed by atoms with Crippen molar-refractivity contribution in [1.82, 2.24) is 0 Å². The first kappa shape index (κ1) is 20.0. The Kier molecular flexibility index (Phi) is 5.09. The van der Waals surface area contributed by atoms with Crippen LogP contribution in [0.5, 0.6) is 0 Å². The van der Waals surface area contributed by atoms with Gasteiger partial charge in [-0.2, -0.15) is 0 Å². The van der Waals surface area contributed by atoms with Crippen LogP contribution in [0.15, 0.2) is 84.4 Å². The van der Waals surface area contributed by atoms with Crippen LogP contribution in [0.2, 0.25) is 0 Å². The summed E-state index contributed by atoms with van der Waals surface area (Å²) in [5.74, 6) is -1.94. The van der Waals surface area contributed by atoms with Crippen molar-refractivity contribution >= 4 is 28.8 Å². The first-order valence-corrected chi connectivity index (χ1v) is 9.56. The van der Waals surface area contributed by atoms with Gasteiger partial charge in [-0.15, -0.1) is 0 Å². The second-order valence-electron chi connectivity index (χ2n) is 7.22. The molecule has 0 saturated carbocycles. The van der Waals surface area contributed by atoms with Gasteiger partial charge in [0.05, 0.1) is 16.5 Å². The highest BCUT2D eigenvalue weighted by molar-refractivity contribution is 6.51. The predicted molar refractivity (Wildman–Crippen MR) is 116 cm³/mol. The fourth-order valence-electron chi connectivity index (χ4n) is 3.65. The average molecular weight is 414 g/mol. The zero-order chi connectivity index (χ0) is 22.1. The number of carbonyl (C=O) groups is 2. The highest BCUT2D eigenvalue weighted by atomic mass is 16.6. The molecular formula is C24H18N2O5. The lowest BCUT2D eigenvalue weighted by atomic mass is 9.95. The minimum absolute atomic E-state index is 0.0642. The second-order valence-corrected chi connectivity index (χ2v) is 7.22. The van der Waals surface area contributed by atoms with Crippen LogP contribution in [-0.4, -0.2) is 21.7 Å². The number of ketones is 1. The fourth-order valence-corrected chi connectivity index (χ4v) is 3.65. The van der Waals surface area contributed by atoms with Crippen LogP contribution in [-0.2, 0) is 9.59 Å². The number of amides is 1. The van der Waals surface area contributed by atoms with Crippen LogP contribution in [0.4, 0.5) is 11.4 Å². The number of anilines is 1. The summed E-state index contributed by atoms with van der Waals surface area (Å²) >= 11 is 0. The molecule has 1 N–H and O–H groups in total. The molecule has 7 heteroatoms. The van der Waals surface area contributed by atoms with E-state index in [1.165, 1.54) is 29.2 Å². The van der Waals surface area contributed by atoms with Gasteiger partial charge in [-0.25, -0.2) is 0 Å². The van der Waals surface area contributed by atoms with E-state index in [1.54, 1.807) is 36.4 Å². The Morgan fingerprint density at radius 1 is 0.935 bits per heavy atom. The number of nitro benzene ring substituents is 1. The Morgan fingerprint density at radius 3 is 2.13 bits per heavy atom. The topological polar surface area (TPSA) is 101 Å². The third kappa shape index (κ3) is 3.57. The Labute approximate surface area is 178 Å². The van der Waals surface area contributed by atoms with E-state index in [-0.39, 0.29) is 22.6 Å². The van der Waals surface area contributed by atoms with Gasteiger partial charge < -0.3 is 5.11 Å². The molecule has 0 spiro atoms. The number of nitro groups is 1. The van der Waals surface area contributed by atoms with E-state index in [0.717, 1.165) is 5.56 Å². The smallest absolute Gasteiger partial charge is 0.300 e. The lowest BCUT2D eigenvalue weighted by molar-refractivity contribution is -0.384. The molecular weight excluding hydrogens is 396 g/mol. The highest BCUT2D eigenvalue weighted by Crippen LogP contribution is 2.42. The Balaban J connectivity index is 1.90. The van der Waals surface area contributed by atoms with Gasteiger partial charge in [-0.1, -0.05) is 48.0 Å². The number of benzene rings is 3. The summed E-state index contributed by atoms with van der Waals surface area (Å²) in [6.07, 6.45) is 0. The molecule has 3 aromatic rings. The Morgan fingerprint density at radius 2 is 1.55 bits per heavy atom. The van der Waals surface area contributed by atoms with Gasteiger partial charge in [0.25, 0.3) is 17.4 Å². The van der Waals surface area contributed by atoms with Gasteiger partial charge in [-0.05, 0) is 36.8 Å². The summed E-state index contributed by atoms with van der Waals surface area (Å²) in [7, 11) is 0. The molecule has 0 bridgehead atoms. The van der Waals surface area contributed by atoms with Gasteiger partial charge >= 0.3 is 0 Å². The maximum absolute atomic E-state index is 13.0. The number of non-ortho nitro benzene ring substituents is 1. The number of aliphatic hydroxyl groups excluding tert-OH is 1. The molecule has 1 fully saturated rings. The number of Topliss-reactive ketones (excluding diaryl/α,β-unsaturated/α-hetero) is 1. The molecule has 1 atom stereocenters. The second kappa shape index (κ2) is 7.87. The Hall–Kier alpha value is -4.26. The first-order valence-electron chi connectivity index (χ1n) is 9.56. The number of rotatable bonds is 4. The van der Waals surface area contributed by atoms with Crippen molar-refractivity contribution in [3.8, 4) is 0 Å². The van der Waals surface area contributed by atoms with Crippen molar-refractivity contribution in [2.24, 2.45) is 0 Å². The Bertz CT molecular complexity index is 1200. The molecule has 1 aliphatic rings. The number of aliphatic hydroxyl groups is 1. The molecule has 7 nitrogen and oxygen atoms in total. The summed E-state index contributed by atoms with van der Waals surface area (Å²) in [5.41, 5.74) is 2.20. The van der Waals surface area contributed by atoms with Gasteiger partial charge in [0.15, 0.2) is 0 Å². The third-order valence-electron chi connectivity index (χ3n) is 5.22. The normalized spacial score (nSPS) is 17.7. The number of aryl methyl sites for hydroxylation is 1. The van der Waals surface area contributed by atoms with Crippen LogP contribution < -0.4 is 4.90 Å². The number of nitrogens with zero attached hydrogens (tertiary/aromatic N) is 2. The zero-order valence-corrected chi connectivity index (χ0v) is 16.6. The number of hydrogen-bond acceptors (Lipinski definition) is 5. The summed E-state index contributed by atoms with van der Waals surface area (Å²) < 4.78 is 0. The summed E-state index contributed by atoms with van der Waals surface area (Å²) in [6, 6.07) is 20.5. The van der Waals surface area contributed by atoms with Gasteiger partial charge in [-0.3, -0.25) is 24.6 Å². The third-order valence-corrected chi connectivity index (χ3v) is 5.22. The molecule has 31 heavy (non-hydrogen) atoms. The van der Waals surface area contributed by atoms with Crippen molar-refractivity contribution in [3.63, 3.8) is 0 Å². The molecule has 1 amide bonds. The summed E-state index contributed by atoms with van der Waals surface area (Å²) in [6.45, 7) is 1.92.